The van der Waals surface area contributed by atoms with Crippen LogP contribution in [-0.2, 0) is 0 Å². The average Bonchev–Trinajstić information content (AvgIpc) is 3.17. The Morgan fingerprint density at radius 2 is 1.72 bits per heavy atom. The third kappa shape index (κ3) is 3.46. The van der Waals surface area contributed by atoms with E-state index in [1.807, 2.05) is 42.5 Å². The molecule has 0 aliphatic rings. The summed E-state index contributed by atoms with van der Waals surface area (Å²) < 4.78 is 0. The molecular weight excluding hydrogens is 358 g/mol. The van der Waals surface area contributed by atoms with E-state index in [1.165, 1.54) is 5.56 Å². The molecule has 0 radical (unpaired) electrons. The monoisotopic (exact) mass is 377 g/mol. The number of nitrogens with zero attached hydrogens (tertiary/aromatic N) is 3. The molecule has 3 aromatic carbocycles. The van der Waals surface area contributed by atoms with Crippen LogP contribution in [0.3, 0.4) is 0 Å². The van der Waals surface area contributed by atoms with Crippen LogP contribution in [0.25, 0.3) is 33.1 Å². The van der Waals surface area contributed by atoms with Crippen LogP contribution in [0.4, 0.5) is 5.95 Å². The van der Waals surface area contributed by atoms with Crippen LogP contribution >= 0.6 is 0 Å². The van der Waals surface area contributed by atoms with Gasteiger partial charge in [0, 0.05) is 21.9 Å². The SMILES string of the molecule is Cc1ccc2nc(N/N=C/c3cc4ccccc4[nH]3)nc(-c3ccccc3)c2c1. The fourth-order valence-electron chi connectivity index (χ4n) is 3.43. The summed E-state index contributed by atoms with van der Waals surface area (Å²) in [6, 6.07) is 26.5. The van der Waals surface area contributed by atoms with Crippen LogP contribution in [0, 0.1) is 6.92 Å². The molecule has 5 nitrogen and oxygen atoms in total. The molecule has 0 spiro atoms. The molecule has 0 aliphatic carbocycles. The number of anilines is 1. The summed E-state index contributed by atoms with van der Waals surface area (Å²) in [5.41, 5.74) is 8.98. The molecule has 2 aromatic heterocycles. The van der Waals surface area contributed by atoms with E-state index in [0.29, 0.717) is 5.95 Å². The van der Waals surface area contributed by atoms with Gasteiger partial charge in [-0.15, -0.1) is 0 Å². The Labute approximate surface area is 168 Å². The van der Waals surface area contributed by atoms with Crippen LogP contribution in [0.5, 0.6) is 0 Å². The summed E-state index contributed by atoms with van der Waals surface area (Å²) in [5.74, 6) is 0.465. The van der Waals surface area contributed by atoms with Gasteiger partial charge in [0.1, 0.15) is 0 Å². The predicted octanol–water partition coefficient (Wildman–Crippen LogP) is 5.53. The fourth-order valence-corrected chi connectivity index (χ4v) is 3.43. The Balaban J connectivity index is 1.50. The van der Waals surface area contributed by atoms with E-state index in [2.05, 4.69) is 63.8 Å². The Morgan fingerprint density at radius 1 is 0.897 bits per heavy atom. The highest BCUT2D eigenvalue weighted by Crippen LogP contribution is 2.28. The maximum atomic E-state index is 4.74. The van der Waals surface area contributed by atoms with Gasteiger partial charge in [0.25, 0.3) is 0 Å². The van der Waals surface area contributed by atoms with Crippen molar-refractivity contribution in [2.75, 3.05) is 5.43 Å². The average molecular weight is 377 g/mol. The zero-order valence-electron chi connectivity index (χ0n) is 15.9. The van der Waals surface area contributed by atoms with Crippen LogP contribution in [-0.4, -0.2) is 21.2 Å². The van der Waals surface area contributed by atoms with Crippen LogP contribution < -0.4 is 5.43 Å². The molecule has 0 amide bonds. The molecule has 0 saturated carbocycles. The van der Waals surface area contributed by atoms with Gasteiger partial charge >= 0.3 is 0 Å². The number of rotatable bonds is 4. The maximum absolute atomic E-state index is 4.74. The van der Waals surface area contributed by atoms with Crippen molar-refractivity contribution in [3.05, 3.63) is 90.1 Å². The number of hydrogen-bond donors (Lipinski definition) is 2. The number of nitrogens with one attached hydrogen (secondary N) is 2. The molecule has 140 valence electrons. The van der Waals surface area contributed by atoms with Crippen molar-refractivity contribution < 1.29 is 0 Å². The number of aryl methyl sites for hydroxylation is 1. The van der Waals surface area contributed by atoms with Crippen LogP contribution in [0.2, 0.25) is 0 Å². The summed E-state index contributed by atoms with van der Waals surface area (Å²) in [4.78, 5) is 12.7. The molecule has 5 rings (SSSR count). The lowest BCUT2D eigenvalue weighted by Gasteiger charge is -2.09. The van der Waals surface area contributed by atoms with Gasteiger partial charge in [-0.05, 0) is 31.2 Å². The molecule has 5 heteroatoms. The van der Waals surface area contributed by atoms with E-state index in [-0.39, 0.29) is 0 Å². The molecule has 2 N–H and O–H groups in total. The molecule has 0 aliphatic heterocycles. The highest BCUT2D eigenvalue weighted by molar-refractivity contribution is 5.94. The van der Waals surface area contributed by atoms with Crippen LogP contribution in [0.15, 0.2) is 84.0 Å². The first-order valence-electron chi connectivity index (χ1n) is 9.47. The lowest BCUT2D eigenvalue weighted by Crippen LogP contribution is -2.00. The van der Waals surface area contributed by atoms with Crippen molar-refractivity contribution in [3.8, 4) is 11.3 Å². The van der Waals surface area contributed by atoms with Crippen molar-refractivity contribution in [1.29, 1.82) is 0 Å². The first kappa shape index (κ1) is 17.1. The predicted molar refractivity (Wildman–Crippen MR) is 119 cm³/mol. The largest absolute Gasteiger partial charge is 0.354 e. The minimum atomic E-state index is 0.465. The number of hydrazone groups is 1. The summed E-state index contributed by atoms with van der Waals surface area (Å²) in [6.07, 6.45) is 1.74. The first-order chi connectivity index (χ1) is 14.3. The van der Waals surface area contributed by atoms with E-state index in [4.69, 9.17) is 4.98 Å². The highest BCUT2D eigenvalue weighted by Gasteiger charge is 2.10. The Kier molecular flexibility index (Phi) is 4.26. The van der Waals surface area contributed by atoms with Crippen molar-refractivity contribution in [2.45, 2.75) is 6.92 Å². The molecule has 0 fully saturated rings. The van der Waals surface area contributed by atoms with Gasteiger partial charge in [0.05, 0.1) is 23.1 Å². The van der Waals surface area contributed by atoms with E-state index in [1.54, 1.807) is 6.21 Å². The second-order valence-corrected chi connectivity index (χ2v) is 6.96. The second kappa shape index (κ2) is 7.20. The third-order valence-electron chi connectivity index (χ3n) is 4.82. The molecule has 29 heavy (non-hydrogen) atoms. The normalized spacial score (nSPS) is 11.5. The summed E-state index contributed by atoms with van der Waals surface area (Å²) in [6.45, 7) is 2.07. The Morgan fingerprint density at radius 3 is 2.59 bits per heavy atom. The summed E-state index contributed by atoms with van der Waals surface area (Å²) in [7, 11) is 0. The first-order valence-corrected chi connectivity index (χ1v) is 9.47. The van der Waals surface area contributed by atoms with Gasteiger partial charge in [-0.3, -0.25) is 0 Å². The quantitative estimate of drug-likeness (QED) is 0.319. The van der Waals surface area contributed by atoms with E-state index < -0.39 is 0 Å². The zero-order valence-corrected chi connectivity index (χ0v) is 15.9. The molecule has 0 saturated heterocycles. The number of H-pyrrole nitrogens is 1. The second-order valence-electron chi connectivity index (χ2n) is 6.96. The molecule has 2 heterocycles. The van der Waals surface area contributed by atoms with Gasteiger partial charge in [0.15, 0.2) is 0 Å². The van der Waals surface area contributed by atoms with Crippen molar-refractivity contribution in [3.63, 3.8) is 0 Å². The Hall–Kier alpha value is -3.99. The molecule has 0 bridgehead atoms. The van der Waals surface area contributed by atoms with Crippen molar-refractivity contribution in [2.24, 2.45) is 5.10 Å². The number of benzene rings is 3. The van der Waals surface area contributed by atoms with Crippen molar-refractivity contribution >= 4 is 34.0 Å². The Bertz CT molecular complexity index is 1300. The van der Waals surface area contributed by atoms with E-state index >= 15 is 0 Å². The van der Waals surface area contributed by atoms with Gasteiger partial charge in [-0.1, -0.05) is 60.2 Å². The third-order valence-corrected chi connectivity index (χ3v) is 4.82. The standard InChI is InChI=1S/C24H19N5/c1-16-11-12-22-20(13-16)23(17-7-3-2-4-8-17)28-24(27-22)29-25-15-19-14-18-9-5-6-10-21(18)26-19/h2-15,26H,1H3,(H,27,28,29)/b25-15+. The number of hydrogen-bond acceptors (Lipinski definition) is 4. The number of fused-ring (bicyclic) bond motifs is 2. The van der Waals surface area contributed by atoms with E-state index in [9.17, 15) is 0 Å². The van der Waals surface area contributed by atoms with Gasteiger partial charge < -0.3 is 4.98 Å². The minimum absolute atomic E-state index is 0.465. The zero-order chi connectivity index (χ0) is 19.6. The molecule has 5 aromatic rings. The lowest BCUT2D eigenvalue weighted by atomic mass is 10.0. The molecular formula is C24H19N5. The topological polar surface area (TPSA) is 66.0 Å². The molecule has 0 atom stereocenters. The summed E-state index contributed by atoms with van der Waals surface area (Å²) in [5, 5.41) is 6.51. The van der Waals surface area contributed by atoms with Gasteiger partial charge in [-0.25, -0.2) is 15.4 Å². The van der Waals surface area contributed by atoms with Gasteiger partial charge in [-0.2, -0.15) is 5.10 Å². The smallest absolute Gasteiger partial charge is 0.244 e. The number of aromatic amines is 1. The summed E-state index contributed by atoms with van der Waals surface area (Å²) >= 11 is 0. The highest BCUT2D eigenvalue weighted by atomic mass is 15.3. The maximum Gasteiger partial charge on any atom is 0.244 e. The number of para-hydroxylation sites is 1. The van der Waals surface area contributed by atoms with E-state index in [0.717, 1.165) is 38.8 Å². The van der Waals surface area contributed by atoms with Crippen molar-refractivity contribution in [1.82, 2.24) is 15.0 Å². The number of aromatic nitrogens is 3. The minimum Gasteiger partial charge on any atom is -0.354 e. The fraction of sp³-hybridized carbons (Fsp3) is 0.0417. The lowest BCUT2D eigenvalue weighted by molar-refractivity contribution is 1.15. The molecule has 0 unspecified atom stereocenters. The van der Waals surface area contributed by atoms with Crippen LogP contribution in [0.1, 0.15) is 11.3 Å². The van der Waals surface area contributed by atoms with Gasteiger partial charge in [0.2, 0.25) is 5.95 Å².